The number of anilines is 2. The molecule has 7 N–H and O–H groups in total. The molecule has 3 heterocycles. The molecular formula is C56H71Br4ClN6O14. The summed E-state index contributed by atoms with van der Waals surface area (Å²) in [6.07, 6.45) is 2.18. The van der Waals surface area contributed by atoms with E-state index in [1.807, 2.05) is 83.1 Å². The zero-order valence-electron chi connectivity index (χ0n) is 46.9. The van der Waals surface area contributed by atoms with E-state index in [1.165, 1.54) is 10.5 Å². The maximum atomic E-state index is 12.4. The van der Waals surface area contributed by atoms with Crippen molar-refractivity contribution >= 4 is 133 Å². The quantitative estimate of drug-likeness (QED) is 0.0493. The van der Waals surface area contributed by atoms with E-state index < -0.39 is 16.9 Å². The Labute approximate surface area is 510 Å². The van der Waals surface area contributed by atoms with Crippen molar-refractivity contribution in [3.63, 3.8) is 0 Å². The van der Waals surface area contributed by atoms with Crippen LogP contribution in [0.25, 0.3) is 10.9 Å². The number of aromatic nitrogens is 2. The molecule has 0 unspecified atom stereocenters. The topological polar surface area (TPSA) is 307 Å². The van der Waals surface area contributed by atoms with Crippen LogP contribution in [-0.2, 0) is 59.3 Å². The van der Waals surface area contributed by atoms with Crippen LogP contribution in [0.4, 0.5) is 21.0 Å². The van der Waals surface area contributed by atoms with Gasteiger partial charge in [-0.3, -0.25) is 29.2 Å². The summed E-state index contributed by atoms with van der Waals surface area (Å²) >= 11 is 18.1. The number of amides is 3. The van der Waals surface area contributed by atoms with E-state index in [0.29, 0.717) is 55.4 Å². The van der Waals surface area contributed by atoms with Crippen molar-refractivity contribution in [1.82, 2.24) is 14.5 Å². The van der Waals surface area contributed by atoms with Gasteiger partial charge in [-0.15, -0.1) is 0 Å². The third-order valence-corrected chi connectivity index (χ3v) is 13.0. The van der Waals surface area contributed by atoms with Gasteiger partial charge in [-0.2, -0.15) is 24.2 Å². The zero-order valence-corrected chi connectivity index (χ0v) is 54.0. The second-order valence-corrected chi connectivity index (χ2v) is 23.5. The van der Waals surface area contributed by atoms with E-state index in [2.05, 4.69) is 99.5 Å². The predicted molar refractivity (Wildman–Crippen MR) is 323 cm³/mol. The lowest BCUT2D eigenvalue weighted by Gasteiger charge is -2.33. The average Bonchev–Trinajstić information content (AvgIpc) is 3.42. The van der Waals surface area contributed by atoms with Gasteiger partial charge in [0.25, 0.3) is 17.5 Å². The van der Waals surface area contributed by atoms with Gasteiger partial charge < -0.3 is 35.9 Å². The van der Waals surface area contributed by atoms with Crippen LogP contribution in [0.3, 0.4) is 0 Å². The Morgan fingerprint density at radius 1 is 0.778 bits per heavy atom. The molecular weight excluding hydrogens is 1340 g/mol. The number of nitrogens with one attached hydrogen (secondary N) is 1. The first-order valence-electron chi connectivity index (χ1n) is 24.9. The second-order valence-electron chi connectivity index (χ2n) is 19.5. The number of benzene rings is 4. The molecule has 3 amide bonds. The van der Waals surface area contributed by atoms with Gasteiger partial charge in [-0.05, 0) is 111 Å². The number of nitrogens with two attached hydrogens (primary N) is 2. The molecule has 0 fully saturated rings. The molecule has 0 saturated heterocycles. The van der Waals surface area contributed by atoms with Crippen molar-refractivity contribution < 1.29 is 62.8 Å². The predicted octanol–water partition coefficient (Wildman–Crippen LogP) is 10.9. The maximum Gasteiger partial charge on any atom is 0.411 e. The number of nitrogens with zero attached hydrogens (tertiary/aromatic N) is 3. The molecule has 2 aliphatic rings. The molecule has 0 bridgehead atoms. The van der Waals surface area contributed by atoms with Crippen molar-refractivity contribution in [3.8, 4) is 6.01 Å². The van der Waals surface area contributed by atoms with Crippen LogP contribution in [0, 0.1) is 16.2 Å². The molecule has 4 aromatic carbocycles. The summed E-state index contributed by atoms with van der Waals surface area (Å²) in [7, 11) is 0. The van der Waals surface area contributed by atoms with Gasteiger partial charge in [0.1, 0.15) is 0 Å². The molecule has 2 aliphatic heterocycles. The van der Waals surface area contributed by atoms with Crippen molar-refractivity contribution in [3.05, 3.63) is 123 Å². The van der Waals surface area contributed by atoms with Gasteiger partial charge >= 0.3 is 23.8 Å². The molecule has 0 saturated carbocycles. The molecule has 81 heavy (non-hydrogen) atoms. The highest BCUT2D eigenvalue weighted by molar-refractivity contribution is 9.11. The number of aryl methyl sites for hydroxylation is 2. The van der Waals surface area contributed by atoms with E-state index in [1.54, 1.807) is 42.7 Å². The second kappa shape index (κ2) is 38.2. The average molecular weight is 1410 g/mol. The Morgan fingerprint density at radius 2 is 1.28 bits per heavy atom. The van der Waals surface area contributed by atoms with Crippen molar-refractivity contribution in [2.45, 2.75) is 95.0 Å². The SMILES string of the molecule is CC(C)(CN)CO.CC(C)(CO)CN1C(=O)Cc2cc(Br)ccc2C1=O.CC1(C)COc2nc3cc(Br)ccc3c(=O)n2C1.CCOC(=O)Cl.CCOC(=O)Nc1cc(Br)ccc1CC.CCc1ccc(Br)cc1N.O=C=O.O=C=O. The van der Waals surface area contributed by atoms with Crippen LogP contribution in [0.1, 0.15) is 96.3 Å². The summed E-state index contributed by atoms with van der Waals surface area (Å²) in [5.74, 6) is -0.489. The molecule has 0 aliphatic carbocycles. The van der Waals surface area contributed by atoms with Crippen molar-refractivity contribution in [1.29, 1.82) is 0 Å². The number of aliphatic hydroxyl groups is 2. The number of nitrogen functional groups attached to an aromatic ring is 1. The third kappa shape index (κ3) is 28.3. The van der Waals surface area contributed by atoms with Gasteiger partial charge in [0.05, 0.1) is 37.1 Å². The number of halogens is 5. The van der Waals surface area contributed by atoms with Gasteiger partial charge in [-0.1, -0.05) is 131 Å². The van der Waals surface area contributed by atoms with Crippen LogP contribution in [0.2, 0.25) is 0 Å². The minimum absolute atomic E-state index is 0.0322. The highest BCUT2D eigenvalue weighted by Gasteiger charge is 2.35. The normalized spacial score (nSPS) is 12.3. The zero-order chi connectivity index (χ0) is 62.3. The Hall–Kier alpha value is -5.65. The first kappa shape index (κ1) is 75.3. The molecule has 0 radical (unpaired) electrons. The Bertz CT molecular complexity index is 2970. The fourth-order valence-corrected chi connectivity index (χ4v) is 8.15. The number of ether oxygens (including phenoxy) is 3. The van der Waals surface area contributed by atoms with E-state index in [-0.39, 0.29) is 66.7 Å². The first-order valence-corrected chi connectivity index (χ1v) is 28.4. The lowest BCUT2D eigenvalue weighted by molar-refractivity contribution is -0.193. The Morgan fingerprint density at radius 3 is 1.77 bits per heavy atom. The molecule has 5 aromatic rings. The fraction of sp³-hybridized carbons (Fsp3) is 0.429. The summed E-state index contributed by atoms with van der Waals surface area (Å²) in [6.45, 7) is 22.1. The first-order chi connectivity index (χ1) is 37.9. The lowest BCUT2D eigenvalue weighted by atomic mass is 9.91. The Balaban J connectivity index is 0.000000966. The van der Waals surface area contributed by atoms with Gasteiger partial charge in [0.15, 0.2) is 0 Å². The summed E-state index contributed by atoms with van der Waals surface area (Å²) in [5, 5.41) is 21.1. The molecule has 444 valence electrons. The molecule has 7 rings (SSSR count). The summed E-state index contributed by atoms with van der Waals surface area (Å²) in [4.78, 5) is 95.8. The number of hydrogen-bond acceptors (Lipinski definition) is 17. The highest BCUT2D eigenvalue weighted by Crippen LogP contribution is 2.29. The Kier molecular flexibility index (Phi) is 35.5. The molecule has 1 aromatic heterocycles. The number of carbonyl (C=O) groups is 4. The number of imide groups is 1. The van der Waals surface area contributed by atoms with E-state index in [0.717, 1.165) is 53.2 Å². The number of aliphatic hydroxyl groups excluding tert-OH is 2. The van der Waals surface area contributed by atoms with Crippen LogP contribution in [0.15, 0.2) is 95.5 Å². The molecule has 0 spiro atoms. The molecule has 25 heteroatoms. The standard InChI is InChI=1S/C14H16BrNO3.C13H13BrN2O2.C11H14BrNO2.C8H10BrN.C5H13NO.C3H5ClO2.2CO2/c1-14(2,8-17)7-16-12(18)6-9-5-10(15)3-4-11(9)13(16)19;1-13(2)6-16-11(17)9-4-3-8(14)5-10(9)15-12(16)18-7-13;1-3-8-5-6-9(12)7-10(8)13-11(14)15-4-2;1-2-6-3-4-7(9)5-8(6)10;1-5(2,3-6)4-7;1-2-6-3(4)5;2*2-1-3/h3-5,17H,6-8H2,1-2H3;3-5H,6-7H2,1-2H3;5-7H,3-4H2,1-2H3,(H,13,14);3-5H,2,10H2,1H3;7H,3-4,6H2,1-2H3;2H2,1H3;;. The number of fused-ring (bicyclic) bond motifs is 3. The van der Waals surface area contributed by atoms with Crippen LogP contribution < -0.4 is 27.1 Å². The van der Waals surface area contributed by atoms with Gasteiger partial charge in [0, 0.05) is 89.0 Å². The minimum atomic E-state index is -0.738. The van der Waals surface area contributed by atoms with Crippen LogP contribution >= 0.6 is 75.3 Å². The number of carbonyl (C=O) groups excluding carboxylic acids is 8. The van der Waals surface area contributed by atoms with Gasteiger partial charge in [0.2, 0.25) is 5.91 Å². The van der Waals surface area contributed by atoms with Crippen molar-refractivity contribution in [2.24, 2.45) is 22.0 Å². The lowest BCUT2D eigenvalue weighted by Crippen LogP contribution is -2.47. The molecule has 20 nitrogen and oxygen atoms in total. The minimum Gasteiger partial charge on any atom is -0.464 e. The smallest absolute Gasteiger partial charge is 0.411 e. The summed E-state index contributed by atoms with van der Waals surface area (Å²) in [5.41, 5.74) is 15.5. The summed E-state index contributed by atoms with van der Waals surface area (Å²) in [6, 6.07) is 23.0. The van der Waals surface area contributed by atoms with Crippen LogP contribution in [0.5, 0.6) is 6.01 Å². The number of rotatable bonds is 10. The third-order valence-electron chi connectivity index (χ3n) is 11.0. The maximum absolute atomic E-state index is 12.4. The number of hydrogen-bond donors (Lipinski definition) is 5. The molecule has 0 atom stereocenters. The van der Waals surface area contributed by atoms with Crippen LogP contribution in [-0.4, -0.2) is 106 Å². The monoisotopic (exact) mass is 1400 g/mol. The summed E-state index contributed by atoms with van der Waals surface area (Å²) < 4.78 is 20.0. The van der Waals surface area contributed by atoms with E-state index in [9.17, 15) is 29.1 Å². The van der Waals surface area contributed by atoms with E-state index in [4.69, 9.17) is 56.8 Å². The largest absolute Gasteiger partial charge is 0.464 e. The van der Waals surface area contributed by atoms with E-state index >= 15 is 0 Å². The highest BCUT2D eigenvalue weighted by atomic mass is 79.9. The fourth-order valence-electron chi connectivity index (χ4n) is 6.55. The van der Waals surface area contributed by atoms with Crippen molar-refractivity contribution in [2.75, 3.05) is 57.2 Å². The van der Waals surface area contributed by atoms with Gasteiger partial charge in [-0.25, -0.2) is 9.59 Å².